The van der Waals surface area contributed by atoms with Gasteiger partial charge in [-0.15, -0.1) is 0 Å². The van der Waals surface area contributed by atoms with Gasteiger partial charge in [0.1, 0.15) is 11.7 Å². The summed E-state index contributed by atoms with van der Waals surface area (Å²) in [5, 5.41) is 12.5. The number of carbonyl (C=O) groups excluding carboxylic acids is 1. The molecule has 0 aliphatic heterocycles. The van der Waals surface area contributed by atoms with Crippen LogP contribution in [0.3, 0.4) is 0 Å². The molecule has 0 aromatic carbocycles. The molecule has 1 amide bonds. The monoisotopic (exact) mass is 275 g/mol. The topological polar surface area (TPSA) is 95.1 Å². The lowest BCUT2D eigenvalue weighted by atomic mass is 10.0. The SMILES string of the molecule is CC(C)[C@H](NC(=O)Cc1c[nH]c2ncccc12)C(=O)O. The molecule has 3 N–H and O–H groups in total. The second-order valence-electron chi connectivity index (χ2n) is 5.02. The molecule has 106 valence electrons. The number of aromatic nitrogens is 2. The van der Waals surface area contributed by atoms with Gasteiger partial charge in [0.2, 0.25) is 5.91 Å². The Hall–Kier alpha value is -2.37. The van der Waals surface area contributed by atoms with Gasteiger partial charge < -0.3 is 15.4 Å². The van der Waals surface area contributed by atoms with Crippen molar-refractivity contribution < 1.29 is 14.7 Å². The van der Waals surface area contributed by atoms with Gasteiger partial charge >= 0.3 is 5.97 Å². The fourth-order valence-electron chi connectivity index (χ4n) is 2.07. The number of carbonyl (C=O) groups is 2. The van der Waals surface area contributed by atoms with Gasteiger partial charge in [-0.2, -0.15) is 0 Å². The normalized spacial score (nSPS) is 12.6. The van der Waals surface area contributed by atoms with E-state index >= 15 is 0 Å². The molecule has 2 rings (SSSR count). The van der Waals surface area contributed by atoms with Crippen LogP contribution in [0.25, 0.3) is 11.0 Å². The van der Waals surface area contributed by atoms with Crippen LogP contribution >= 0.6 is 0 Å². The maximum atomic E-state index is 12.0. The number of hydrogen-bond donors (Lipinski definition) is 3. The summed E-state index contributed by atoms with van der Waals surface area (Å²) in [6, 6.07) is 2.80. The number of aromatic amines is 1. The van der Waals surface area contributed by atoms with E-state index in [2.05, 4.69) is 15.3 Å². The number of carboxylic acids is 1. The summed E-state index contributed by atoms with van der Waals surface area (Å²) < 4.78 is 0. The average Bonchev–Trinajstić information content (AvgIpc) is 2.79. The fourth-order valence-corrected chi connectivity index (χ4v) is 2.07. The molecular formula is C14H17N3O3. The molecule has 0 bridgehead atoms. The van der Waals surface area contributed by atoms with E-state index in [1.54, 1.807) is 32.3 Å². The van der Waals surface area contributed by atoms with E-state index in [4.69, 9.17) is 5.11 Å². The molecule has 0 saturated carbocycles. The van der Waals surface area contributed by atoms with Gasteiger partial charge in [-0.05, 0) is 23.6 Å². The minimum Gasteiger partial charge on any atom is -0.480 e. The molecule has 0 fully saturated rings. The van der Waals surface area contributed by atoms with Gasteiger partial charge in [-0.1, -0.05) is 13.8 Å². The zero-order valence-corrected chi connectivity index (χ0v) is 11.4. The van der Waals surface area contributed by atoms with Gasteiger partial charge in [-0.3, -0.25) is 4.79 Å². The molecule has 1 atom stereocenters. The van der Waals surface area contributed by atoms with E-state index in [0.717, 1.165) is 10.9 Å². The van der Waals surface area contributed by atoms with Crippen molar-refractivity contribution >= 4 is 22.9 Å². The standard InChI is InChI=1S/C14H17N3O3/c1-8(2)12(14(19)20)17-11(18)6-9-7-16-13-10(9)4-3-5-15-13/h3-5,7-8,12H,6H2,1-2H3,(H,15,16)(H,17,18)(H,19,20)/t12-/m0/s1. The summed E-state index contributed by atoms with van der Waals surface area (Å²) in [4.78, 5) is 30.2. The van der Waals surface area contributed by atoms with Gasteiger partial charge in [0.25, 0.3) is 0 Å². The maximum Gasteiger partial charge on any atom is 0.326 e. The lowest BCUT2D eigenvalue weighted by Crippen LogP contribution is -2.44. The summed E-state index contributed by atoms with van der Waals surface area (Å²) in [5.74, 6) is -1.49. The first-order valence-electron chi connectivity index (χ1n) is 6.42. The third-order valence-electron chi connectivity index (χ3n) is 3.14. The van der Waals surface area contributed by atoms with Crippen LogP contribution in [0.5, 0.6) is 0 Å². The zero-order valence-electron chi connectivity index (χ0n) is 11.4. The molecule has 0 aliphatic carbocycles. The van der Waals surface area contributed by atoms with Crippen LogP contribution in [0.1, 0.15) is 19.4 Å². The molecule has 0 unspecified atom stereocenters. The van der Waals surface area contributed by atoms with Crippen molar-refractivity contribution in [3.63, 3.8) is 0 Å². The summed E-state index contributed by atoms with van der Waals surface area (Å²) in [5.41, 5.74) is 1.52. The zero-order chi connectivity index (χ0) is 14.7. The number of nitrogens with zero attached hydrogens (tertiary/aromatic N) is 1. The van der Waals surface area contributed by atoms with Gasteiger partial charge in [0.05, 0.1) is 6.42 Å². The number of amides is 1. The van der Waals surface area contributed by atoms with Crippen LogP contribution in [0.4, 0.5) is 0 Å². The van der Waals surface area contributed by atoms with Gasteiger partial charge in [0.15, 0.2) is 0 Å². The highest BCUT2D eigenvalue weighted by atomic mass is 16.4. The number of rotatable bonds is 5. The molecule has 2 aromatic rings. The van der Waals surface area contributed by atoms with Crippen LogP contribution in [-0.2, 0) is 16.0 Å². The maximum absolute atomic E-state index is 12.0. The smallest absolute Gasteiger partial charge is 0.326 e. The second-order valence-corrected chi connectivity index (χ2v) is 5.02. The highest BCUT2D eigenvalue weighted by Gasteiger charge is 2.23. The minimum absolute atomic E-state index is 0.127. The second kappa shape index (κ2) is 5.73. The van der Waals surface area contributed by atoms with E-state index in [9.17, 15) is 9.59 Å². The van der Waals surface area contributed by atoms with Gasteiger partial charge in [-0.25, -0.2) is 9.78 Å². The molecular weight excluding hydrogens is 258 g/mol. The summed E-state index contributed by atoms with van der Waals surface area (Å²) >= 11 is 0. The number of nitrogens with one attached hydrogen (secondary N) is 2. The van der Waals surface area contributed by atoms with E-state index < -0.39 is 12.0 Å². The van der Waals surface area contributed by atoms with Crippen molar-refractivity contribution in [1.29, 1.82) is 0 Å². The molecule has 6 heteroatoms. The van der Waals surface area contributed by atoms with E-state index in [0.29, 0.717) is 5.65 Å². The first-order chi connectivity index (χ1) is 9.49. The Kier molecular flexibility index (Phi) is 4.02. The van der Waals surface area contributed by atoms with Crippen molar-refractivity contribution in [2.45, 2.75) is 26.3 Å². The Balaban J connectivity index is 2.10. The largest absolute Gasteiger partial charge is 0.480 e. The molecule has 0 spiro atoms. The quantitative estimate of drug-likeness (QED) is 0.767. The molecule has 2 heterocycles. The number of fused-ring (bicyclic) bond motifs is 1. The number of aliphatic carboxylic acids is 1. The van der Waals surface area contributed by atoms with Crippen LogP contribution in [0.15, 0.2) is 24.5 Å². The van der Waals surface area contributed by atoms with Gasteiger partial charge in [0, 0.05) is 17.8 Å². The van der Waals surface area contributed by atoms with E-state index in [1.165, 1.54) is 0 Å². The van der Waals surface area contributed by atoms with Crippen LogP contribution in [-0.4, -0.2) is 33.0 Å². The molecule has 20 heavy (non-hydrogen) atoms. The Morgan fingerprint density at radius 2 is 2.20 bits per heavy atom. The highest BCUT2D eigenvalue weighted by molar-refractivity contribution is 5.89. The van der Waals surface area contributed by atoms with Crippen molar-refractivity contribution in [3.8, 4) is 0 Å². The minimum atomic E-state index is -1.02. The average molecular weight is 275 g/mol. The summed E-state index contributed by atoms with van der Waals surface area (Å²) in [6.07, 6.45) is 3.52. The van der Waals surface area contributed by atoms with Crippen molar-refractivity contribution in [2.24, 2.45) is 5.92 Å². The van der Waals surface area contributed by atoms with Crippen molar-refractivity contribution in [1.82, 2.24) is 15.3 Å². The highest BCUT2D eigenvalue weighted by Crippen LogP contribution is 2.16. The molecule has 2 aromatic heterocycles. The van der Waals surface area contributed by atoms with Crippen molar-refractivity contribution in [2.75, 3.05) is 0 Å². The first kappa shape index (κ1) is 14.0. The van der Waals surface area contributed by atoms with E-state index in [1.807, 2.05) is 6.07 Å². The number of H-pyrrole nitrogens is 1. The Morgan fingerprint density at radius 3 is 2.85 bits per heavy atom. The number of carboxylic acid groups (broad SMARTS) is 1. The van der Waals surface area contributed by atoms with Crippen LogP contribution < -0.4 is 5.32 Å². The lowest BCUT2D eigenvalue weighted by Gasteiger charge is -2.17. The number of pyridine rings is 1. The lowest BCUT2D eigenvalue weighted by molar-refractivity contribution is -0.143. The number of hydrogen-bond acceptors (Lipinski definition) is 3. The Bertz CT molecular complexity index is 633. The Morgan fingerprint density at radius 1 is 1.45 bits per heavy atom. The Labute approximate surface area is 116 Å². The van der Waals surface area contributed by atoms with Crippen LogP contribution in [0.2, 0.25) is 0 Å². The molecule has 6 nitrogen and oxygen atoms in total. The van der Waals surface area contributed by atoms with Crippen molar-refractivity contribution in [3.05, 3.63) is 30.1 Å². The summed E-state index contributed by atoms with van der Waals surface area (Å²) in [7, 11) is 0. The predicted octanol–water partition coefficient (Wildman–Crippen LogP) is 1.33. The third kappa shape index (κ3) is 2.96. The van der Waals surface area contributed by atoms with E-state index in [-0.39, 0.29) is 18.2 Å². The molecule has 0 radical (unpaired) electrons. The third-order valence-corrected chi connectivity index (χ3v) is 3.14. The van der Waals surface area contributed by atoms with Crippen LogP contribution in [0, 0.1) is 5.92 Å². The summed E-state index contributed by atoms with van der Waals surface area (Å²) in [6.45, 7) is 3.52. The first-order valence-corrected chi connectivity index (χ1v) is 6.42. The molecule has 0 aliphatic rings. The molecule has 0 saturated heterocycles. The fraction of sp³-hybridized carbons (Fsp3) is 0.357. The predicted molar refractivity (Wildman–Crippen MR) is 74.2 cm³/mol.